The summed E-state index contributed by atoms with van der Waals surface area (Å²) in [6.45, 7) is 0. The average Bonchev–Trinajstić information content (AvgIpc) is 1.83. The molecule has 0 spiro atoms. The van der Waals surface area contributed by atoms with Crippen molar-refractivity contribution in [3.8, 4) is 0 Å². The van der Waals surface area contributed by atoms with Crippen molar-refractivity contribution in [2.45, 2.75) is 0 Å². The van der Waals surface area contributed by atoms with Crippen LogP contribution in [0.3, 0.4) is 0 Å². The van der Waals surface area contributed by atoms with Crippen LogP contribution in [0.25, 0.3) is 0 Å². The molecule has 1 aromatic heterocycles. The summed E-state index contributed by atoms with van der Waals surface area (Å²) in [7, 11) is 0. The standard InChI is InChI=1S/C4H3BrFN3/c5-2-3(6)8-1-9-4(2)7/h1H,(H2,7,8,9). The zero-order valence-corrected chi connectivity index (χ0v) is 5.89. The van der Waals surface area contributed by atoms with E-state index in [-0.39, 0.29) is 10.3 Å². The van der Waals surface area contributed by atoms with Gasteiger partial charge in [-0.25, -0.2) is 9.97 Å². The summed E-state index contributed by atoms with van der Waals surface area (Å²) in [4.78, 5) is 6.75. The molecule has 0 atom stereocenters. The molecule has 0 fully saturated rings. The number of hydrogen-bond donors (Lipinski definition) is 1. The van der Waals surface area contributed by atoms with Gasteiger partial charge in [0.15, 0.2) is 0 Å². The van der Waals surface area contributed by atoms with Gasteiger partial charge in [0.05, 0.1) is 0 Å². The van der Waals surface area contributed by atoms with Crippen molar-refractivity contribution >= 4 is 21.7 Å². The molecule has 2 N–H and O–H groups in total. The zero-order chi connectivity index (χ0) is 6.85. The maximum Gasteiger partial charge on any atom is 0.232 e. The third-order valence-corrected chi connectivity index (χ3v) is 1.51. The van der Waals surface area contributed by atoms with Crippen molar-refractivity contribution in [2.24, 2.45) is 0 Å². The number of aromatic nitrogens is 2. The van der Waals surface area contributed by atoms with E-state index in [9.17, 15) is 4.39 Å². The highest BCUT2D eigenvalue weighted by molar-refractivity contribution is 9.10. The number of nitrogens with zero attached hydrogens (tertiary/aromatic N) is 2. The molecule has 0 unspecified atom stereocenters. The van der Waals surface area contributed by atoms with Crippen LogP contribution in [-0.4, -0.2) is 9.97 Å². The first-order chi connectivity index (χ1) is 4.22. The summed E-state index contributed by atoms with van der Waals surface area (Å²) < 4.78 is 12.4. The molecule has 1 aromatic rings. The van der Waals surface area contributed by atoms with Gasteiger partial charge in [-0.3, -0.25) is 0 Å². The van der Waals surface area contributed by atoms with E-state index in [1.54, 1.807) is 0 Å². The Kier molecular flexibility index (Phi) is 1.61. The summed E-state index contributed by atoms with van der Waals surface area (Å²) >= 11 is 2.85. The minimum Gasteiger partial charge on any atom is -0.383 e. The van der Waals surface area contributed by atoms with Crippen molar-refractivity contribution in [3.05, 3.63) is 16.7 Å². The Morgan fingerprint density at radius 1 is 1.56 bits per heavy atom. The highest BCUT2D eigenvalue weighted by Gasteiger charge is 2.02. The van der Waals surface area contributed by atoms with E-state index in [0.29, 0.717) is 0 Å². The Morgan fingerprint density at radius 2 is 2.22 bits per heavy atom. The van der Waals surface area contributed by atoms with E-state index in [4.69, 9.17) is 5.73 Å². The summed E-state index contributed by atoms with van der Waals surface area (Å²) in [6, 6.07) is 0. The largest absolute Gasteiger partial charge is 0.383 e. The van der Waals surface area contributed by atoms with Gasteiger partial charge in [0, 0.05) is 0 Å². The van der Waals surface area contributed by atoms with E-state index in [2.05, 4.69) is 25.9 Å². The predicted molar refractivity (Wildman–Crippen MR) is 34.1 cm³/mol. The molecule has 9 heavy (non-hydrogen) atoms. The molecule has 0 radical (unpaired) electrons. The number of anilines is 1. The maximum absolute atomic E-state index is 12.3. The first kappa shape index (κ1) is 6.41. The summed E-state index contributed by atoms with van der Waals surface area (Å²) in [5.41, 5.74) is 5.18. The van der Waals surface area contributed by atoms with Crippen molar-refractivity contribution in [3.63, 3.8) is 0 Å². The second-order valence-corrected chi connectivity index (χ2v) is 2.16. The van der Waals surface area contributed by atoms with Crippen molar-refractivity contribution in [1.82, 2.24) is 9.97 Å². The fraction of sp³-hybridized carbons (Fsp3) is 0. The topological polar surface area (TPSA) is 51.8 Å². The number of halogens is 2. The molecule has 1 heterocycles. The second kappa shape index (κ2) is 2.26. The van der Waals surface area contributed by atoms with E-state index in [1.807, 2.05) is 0 Å². The first-order valence-electron chi connectivity index (χ1n) is 2.13. The SMILES string of the molecule is Nc1ncnc(F)c1Br. The van der Waals surface area contributed by atoms with Crippen molar-refractivity contribution in [1.29, 1.82) is 0 Å². The minimum absolute atomic E-state index is 0.113. The molecule has 3 nitrogen and oxygen atoms in total. The van der Waals surface area contributed by atoms with Crippen LogP contribution in [0, 0.1) is 5.95 Å². The summed E-state index contributed by atoms with van der Waals surface area (Å²) in [5, 5.41) is 0. The minimum atomic E-state index is -0.637. The monoisotopic (exact) mass is 191 g/mol. The molecular formula is C4H3BrFN3. The normalized spacial score (nSPS) is 9.56. The molecular weight excluding hydrogens is 189 g/mol. The van der Waals surface area contributed by atoms with Crippen LogP contribution in [-0.2, 0) is 0 Å². The van der Waals surface area contributed by atoms with E-state index >= 15 is 0 Å². The molecule has 0 aromatic carbocycles. The Labute approximate surface area is 59.2 Å². The van der Waals surface area contributed by atoms with E-state index < -0.39 is 5.95 Å². The Bertz CT molecular complexity index is 207. The molecule has 5 heteroatoms. The lowest BCUT2D eigenvalue weighted by atomic mass is 10.6. The third kappa shape index (κ3) is 1.16. The Morgan fingerprint density at radius 3 is 2.67 bits per heavy atom. The molecule has 0 aliphatic carbocycles. The number of nitrogen functional groups attached to an aromatic ring is 1. The maximum atomic E-state index is 12.3. The van der Waals surface area contributed by atoms with Gasteiger partial charge in [-0.15, -0.1) is 0 Å². The predicted octanol–water partition coefficient (Wildman–Crippen LogP) is 0.960. The van der Waals surface area contributed by atoms with Crippen molar-refractivity contribution in [2.75, 3.05) is 5.73 Å². The van der Waals surface area contributed by atoms with Gasteiger partial charge in [0.2, 0.25) is 5.95 Å². The molecule has 1 rings (SSSR count). The fourth-order valence-electron chi connectivity index (χ4n) is 0.361. The number of rotatable bonds is 0. The van der Waals surface area contributed by atoms with Crippen LogP contribution >= 0.6 is 15.9 Å². The molecule has 48 valence electrons. The van der Waals surface area contributed by atoms with Gasteiger partial charge in [0.1, 0.15) is 16.6 Å². The smallest absolute Gasteiger partial charge is 0.232 e. The zero-order valence-electron chi connectivity index (χ0n) is 4.31. The van der Waals surface area contributed by atoms with Crippen molar-refractivity contribution < 1.29 is 4.39 Å². The average molecular weight is 192 g/mol. The van der Waals surface area contributed by atoms with Crippen LogP contribution in [0.1, 0.15) is 0 Å². The van der Waals surface area contributed by atoms with Gasteiger partial charge in [-0.05, 0) is 15.9 Å². The molecule has 0 aliphatic heterocycles. The highest BCUT2D eigenvalue weighted by Crippen LogP contribution is 2.16. The van der Waals surface area contributed by atoms with Crippen LogP contribution in [0.4, 0.5) is 10.2 Å². The first-order valence-corrected chi connectivity index (χ1v) is 2.92. The Hall–Kier alpha value is -0.710. The highest BCUT2D eigenvalue weighted by atomic mass is 79.9. The van der Waals surface area contributed by atoms with Crippen LogP contribution in [0.2, 0.25) is 0 Å². The van der Waals surface area contributed by atoms with Crippen LogP contribution in [0.15, 0.2) is 10.8 Å². The second-order valence-electron chi connectivity index (χ2n) is 1.36. The van der Waals surface area contributed by atoms with Gasteiger partial charge in [-0.2, -0.15) is 4.39 Å². The number of nitrogens with two attached hydrogens (primary N) is 1. The summed E-state index contributed by atoms with van der Waals surface area (Å²) in [6.07, 6.45) is 1.06. The van der Waals surface area contributed by atoms with Crippen LogP contribution in [0.5, 0.6) is 0 Å². The number of hydrogen-bond acceptors (Lipinski definition) is 3. The lowest BCUT2D eigenvalue weighted by Crippen LogP contribution is -1.95. The van der Waals surface area contributed by atoms with Gasteiger partial charge >= 0.3 is 0 Å². The Balaban J connectivity index is 3.25. The summed E-state index contributed by atoms with van der Waals surface area (Å²) in [5.74, 6) is -0.523. The fourth-order valence-corrected chi connectivity index (χ4v) is 0.566. The molecule has 0 aliphatic rings. The molecule has 0 bridgehead atoms. The molecule has 0 saturated carbocycles. The lowest BCUT2D eigenvalue weighted by molar-refractivity contribution is 0.573. The quantitative estimate of drug-likeness (QED) is 0.622. The van der Waals surface area contributed by atoms with Gasteiger partial charge in [0.25, 0.3) is 0 Å². The molecule has 0 amide bonds. The van der Waals surface area contributed by atoms with Crippen LogP contribution < -0.4 is 5.73 Å². The van der Waals surface area contributed by atoms with E-state index in [0.717, 1.165) is 6.33 Å². The van der Waals surface area contributed by atoms with Gasteiger partial charge < -0.3 is 5.73 Å². The molecule has 0 saturated heterocycles. The van der Waals surface area contributed by atoms with Gasteiger partial charge in [-0.1, -0.05) is 0 Å². The third-order valence-electron chi connectivity index (χ3n) is 0.774. The van der Waals surface area contributed by atoms with E-state index in [1.165, 1.54) is 0 Å². The lowest BCUT2D eigenvalue weighted by Gasteiger charge is -1.93.